The van der Waals surface area contributed by atoms with Gasteiger partial charge in [-0.25, -0.2) is 0 Å². The maximum atomic E-state index is 11.1. The van der Waals surface area contributed by atoms with Crippen molar-refractivity contribution < 1.29 is 9.59 Å². The van der Waals surface area contributed by atoms with Crippen LogP contribution in [0.15, 0.2) is 16.8 Å². The van der Waals surface area contributed by atoms with Crippen molar-refractivity contribution in [2.24, 2.45) is 0 Å². The smallest absolute Gasteiger partial charge is 0.207 e. The summed E-state index contributed by atoms with van der Waals surface area (Å²) in [6, 6.07) is 1.91. The topological polar surface area (TPSA) is 46.2 Å². The van der Waals surface area contributed by atoms with E-state index in [0.717, 1.165) is 5.56 Å². The fourth-order valence-corrected chi connectivity index (χ4v) is 1.51. The van der Waals surface area contributed by atoms with E-state index in [1.54, 1.807) is 11.3 Å². The molecule has 0 radical (unpaired) electrons. The first-order chi connectivity index (χ1) is 5.83. The Balaban J connectivity index is 2.32. The van der Waals surface area contributed by atoms with Crippen LogP contribution in [0.4, 0.5) is 0 Å². The lowest BCUT2D eigenvalue weighted by Gasteiger charge is -1.96. The van der Waals surface area contributed by atoms with Gasteiger partial charge in [-0.3, -0.25) is 9.59 Å². The zero-order chi connectivity index (χ0) is 8.81. The molecule has 0 aliphatic rings. The van der Waals surface area contributed by atoms with E-state index in [1.807, 2.05) is 16.8 Å². The van der Waals surface area contributed by atoms with Gasteiger partial charge >= 0.3 is 0 Å². The van der Waals surface area contributed by atoms with Crippen molar-refractivity contribution in [3.63, 3.8) is 0 Å². The highest BCUT2D eigenvalue weighted by Gasteiger charge is 2.02. The maximum Gasteiger partial charge on any atom is 0.207 e. The van der Waals surface area contributed by atoms with E-state index in [0.29, 0.717) is 12.8 Å². The van der Waals surface area contributed by atoms with Crippen LogP contribution in [0, 0.1) is 0 Å². The second-order valence-electron chi connectivity index (χ2n) is 2.35. The third-order valence-corrected chi connectivity index (χ3v) is 2.10. The molecule has 64 valence electrons. The number of carbonyl (C=O) groups is 2. The van der Waals surface area contributed by atoms with Gasteiger partial charge < -0.3 is 5.32 Å². The fourth-order valence-electron chi connectivity index (χ4n) is 0.839. The molecule has 0 spiro atoms. The van der Waals surface area contributed by atoms with E-state index < -0.39 is 0 Å². The van der Waals surface area contributed by atoms with Gasteiger partial charge in [0.15, 0.2) is 5.78 Å². The Kier molecular flexibility index (Phi) is 3.47. The number of hydrogen-bond donors (Lipinski definition) is 1. The summed E-state index contributed by atoms with van der Waals surface area (Å²) in [6.07, 6.45) is 0.940. The molecule has 1 aromatic rings. The average Bonchev–Trinajstić information content (AvgIpc) is 2.53. The molecule has 0 fully saturated rings. The summed E-state index contributed by atoms with van der Waals surface area (Å²) in [6.45, 7) is 0.124. The van der Waals surface area contributed by atoms with Crippen molar-refractivity contribution in [1.82, 2.24) is 5.32 Å². The van der Waals surface area contributed by atoms with Crippen LogP contribution in [-0.2, 0) is 16.0 Å². The van der Waals surface area contributed by atoms with E-state index in [-0.39, 0.29) is 12.3 Å². The fraction of sp³-hybridized carbons (Fsp3) is 0.250. The van der Waals surface area contributed by atoms with Gasteiger partial charge in [0.1, 0.15) is 0 Å². The van der Waals surface area contributed by atoms with E-state index in [2.05, 4.69) is 5.32 Å². The van der Waals surface area contributed by atoms with E-state index >= 15 is 0 Å². The second kappa shape index (κ2) is 4.66. The lowest BCUT2D eigenvalue weighted by molar-refractivity contribution is -0.119. The van der Waals surface area contributed by atoms with E-state index in [9.17, 15) is 9.59 Å². The number of carbonyl (C=O) groups excluding carboxylic acids is 2. The largest absolute Gasteiger partial charge is 0.352 e. The summed E-state index contributed by atoms with van der Waals surface area (Å²) in [5.41, 5.74) is 1.01. The Hall–Kier alpha value is -1.16. The lowest BCUT2D eigenvalue weighted by atomic mass is 10.2. The van der Waals surface area contributed by atoms with E-state index in [4.69, 9.17) is 0 Å². The summed E-state index contributed by atoms with van der Waals surface area (Å²) >= 11 is 1.56. The van der Waals surface area contributed by atoms with Gasteiger partial charge in [0.05, 0.1) is 6.54 Å². The molecule has 0 aliphatic heterocycles. The molecule has 1 amide bonds. The first-order valence-electron chi connectivity index (χ1n) is 3.52. The van der Waals surface area contributed by atoms with Crippen molar-refractivity contribution in [3.05, 3.63) is 22.4 Å². The minimum absolute atomic E-state index is 0.0282. The quantitative estimate of drug-likeness (QED) is 0.680. The molecule has 4 heteroatoms. The van der Waals surface area contributed by atoms with E-state index in [1.165, 1.54) is 0 Å². The molecular weight excluding hydrogens is 174 g/mol. The second-order valence-corrected chi connectivity index (χ2v) is 3.13. The molecule has 0 saturated carbocycles. The minimum atomic E-state index is 0.0282. The van der Waals surface area contributed by atoms with Gasteiger partial charge in [0.2, 0.25) is 6.41 Å². The van der Waals surface area contributed by atoms with Crippen molar-refractivity contribution >= 4 is 23.5 Å². The molecule has 12 heavy (non-hydrogen) atoms. The van der Waals surface area contributed by atoms with Gasteiger partial charge in [0.25, 0.3) is 0 Å². The Bertz CT molecular complexity index is 256. The highest BCUT2D eigenvalue weighted by molar-refractivity contribution is 7.07. The zero-order valence-electron chi connectivity index (χ0n) is 6.45. The molecule has 0 aliphatic carbocycles. The van der Waals surface area contributed by atoms with Gasteiger partial charge in [-0.15, -0.1) is 0 Å². The Morgan fingerprint density at radius 1 is 1.67 bits per heavy atom. The van der Waals surface area contributed by atoms with Crippen LogP contribution in [0.5, 0.6) is 0 Å². The van der Waals surface area contributed by atoms with Crippen molar-refractivity contribution in [2.75, 3.05) is 6.54 Å². The number of rotatable bonds is 5. The molecule has 0 saturated heterocycles. The number of Topliss-reactive ketones (excluding diaryl/α,β-unsaturated/α-hetero) is 1. The molecule has 3 nitrogen and oxygen atoms in total. The zero-order valence-corrected chi connectivity index (χ0v) is 7.26. The number of nitrogens with one attached hydrogen (secondary N) is 1. The van der Waals surface area contributed by atoms with Gasteiger partial charge in [-0.05, 0) is 22.4 Å². The van der Waals surface area contributed by atoms with Crippen LogP contribution in [0.25, 0.3) is 0 Å². The van der Waals surface area contributed by atoms with Crippen LogP contribution in [0.3, 0.4) is 0 Å². The van der Waals surface area contributed by atoms with Crippen LogP contribution < -0.4 is 5.32 Å². The monoisotopic (exact) mass is 183 g/mol. The van der Waals surface area contributed by atoms with Crippen molar-refractivity contribution in [3.8, 4) is 0 Å². The summed E-state index contributed by atoms with van der Waals surface area (Å²) in [4.78, 5) is 20.9. The number of ketones is 1. The Labute approximate surface area is 74.4 Å². The molecule has 0 bridgehead atoms. The van der Waals surface area contributed by atoms with Gasteiger partial charge in [0, 0.05) is 6.42 Å². The third-order valence-electron chi connectivity index (χ3n) is 1.36. The molecule has 0 unspecified atom stereocenters. The highest BCUT2D eigenvalue weighted by Crippen LogP contribution is 2.06. The van der Waals surface area contributed by atoms with Gasteiger partial charge in [-0.1, -0.05) is 0 Å². The molecular formula is C8H9NO2S. The summed E-state index contributed by atoms with van der Waals surface area (Å²) in [7, 11) is 0. The van der Waals surface area contributed by atoms with Crippen LogP contribution in [0.1, 0.15) is 5.56 Å². The molecule has 0 aromatic carbocycles. The average molecular weight is 183 g/mol. The minimum Gasteiger partial charge on any atom is -0.352 e. The Morgan fingerprint density at radius 3 is 3.08 bits per heavy atom. The van der Waals surface area contributed by atoms with Crippen LogP contribution in [0.2, 0.25) is 0 Å². The first-order valence-corrected chi connectivity index (χ1v) is 4.47. The molecule has 1 rings (SSSR count). The lowest BCUT2D eigenvalue weighted by Crippen LogP contribution is -2.22. The summed E-state index contributed by atoms with van der Waals surface area (Å²) in [5, 5.41) is 6.19. The highest BCUT2D eigenvalue weighted by atomic mass is 32.1. The standard InChI is InChI=1S/C8H9NO2S/c10-6-9-4-8(11)3-7-1-2-12-5-7/h1-2,5-6H,3-4H2,(H,9,10). The molecule has 1 heterocycles. The predicted molar refractivity (Wildman–Crippen MR) is 47.1 cm³/mol. The normalized spacial score (nSPS) is 9.33. The van der Waals surface area contributed by atoms with Gasteiger partial charge in [-0.2, -0.15) is 11.3 Å². The van der Waals surface area contributed by atoms with Crippen molar-refractivity contribution in [1.29, 1.82) is 0 Å². The molecule has 1 aromatic heterocycles. The Morgan fingerprint density at radius 2 is 2.50 bits per heavy atom. The molecule has 1 N–H and O–H groups in total. The summed E-state index contributed by atoms with van der Waals surface area (Å²) < 4.78 is 0. The SMILES string of the molecule is O=CNCC(=O)Cc1ccsc1. The third kappa shape index (κ3) is 2.84. The predicted octanol–water partition coefficient (Wildman–Crippen LogP) is 0.606. The number of hydrogen-bond acceptors (Lipinski definition) is 3. The van der Waals surface area contributed by atoms with Crippen LogP contribution >= 0.6 is 11.3 Å². The molecule has 0 atom stereocenters. The number of amides is 1. The first kappa shape index (κ1) is 8.93. The summed E-state index contributed by atoms with van der Waals surface area (Å²) in [5.74, 6) is 0.0282. The maximum absolute atomic E-state index is 11.1. The van der Waals surface area contributed by atoms with Crippen LogP contribution in [-0.4, -0.2) is 18.7 Å². The number of thiophene rings is 1. The van der Waals surface area contributed by atoms with Crippen molar-refractivity contribution in [2.45, 2.75) is 6.42 Å².